The Morgan fingerprint density at radius 2 is 1.51 bits per heavy atom. The Hall–Kier alpha value is -4.95. The molecule has 2 aromatic carbocycles. The third-order valence-electron chi connectivity index (χ3n) is 9.18. The van der Waals surface area contributed by atoms with Crippen molar-refractivity contribution in [1.82, 2.24) is 29.7 Å². The van der Waals surface area contributed by atoms with E-state index in [9.17, 15) is 18.0 Å². The zero-order chi connectivity index (χ0) is 36.0. The number of pyridine rings is 1. The lowest BCUT2D eigenvalue weighted by molar-refractivity contribution is -0.154. The highest BCUT2D eigenvalue weighted by Gasteiger charge is 2.44. The zero-order valence-electron chi connectivity index (χ0n) is 28.8. The second-order valence-electron chi connectivity index (χ2n) is 12.4. The van der Waals surface area contributed by atoms with Gasteiger partial charge in [-0.2, -0.15) is 23.1 Å². The number of hydrogen-bond acceptors (Lipinski definition) is 10. The SMILES string of the molecule is CCOc1nc(OC)c(CN2C[C@@H]3CN(C(=O)c4cccnc4OC)CCN3[C@H](C(c3ccccc3)c3ccccc3)C2)c(OCC(F)(F)F)n1. The molecule has 1 amide bonds. The van der Waals surface area contributed by atoms with E-state index in [0.717, 1.165) is 11.1 Å². The molecule has 270 valence electrons. The summed E-state index contributed by atoms with van der Waals surface area (Å²) < 4.78 is 61.9. The summed E-state index contributed by atoms with van der Waals surface area (Å²) in [5.41, 5.74) is 2.91. The predicted octanol–water partition coefficient (Wildman–Crippen LogP) is 5.07. The molecule has 0 spiro atoms. The first-order valence-electron chi connectivity index (χ1n) is 16.8. The van der Waals surface area contributed by atoms with Gasteiger partial charge in [-0.05, 0) is 30.2 Å². The smallest absolute Gasteiger partial charge is 0.422 e. The van der Waals surface area contributed by atoms with Crippen molar-refractivity contribution in [3.63, 3.8) is 0 Å². The zero-order valence-corrected chi connectivity index (χ0v) is 28.8. The van der Waals surface area contributed by atoms with Gasteiger partial charge < -0.3 is 23.8 Å². The normalized spacial score (nSPS) is 18.3. The Balaban J connectivity index is 1.38. The molecule has 0 bridgehead atoms. The molecule has 11 nitrogen and oxygen atoms in total. The highest BCUT2D eigenvalue weighted by molar-refractivity contribution is 5.96. The Morgan fingerprint density at radius 3 is 2.14 bits per heavy atom. The molecular weight excluding hydrogens is 665 g/mol. The van der Waals surface area contributed by atoms with Gasteiger partial charge in [0.05, 0.1) is 26.4 Å². The van der Waals surface area contributed by atoms with Crippen LogP contribution >= 0.6 is 0 Å². The van der Waals surface area contributed by atoms with E-state index in [1.54, 1.807) is 25.3 Å². The molecular formula is C37H41F3N6O5. The second-order valence-corrected chi connectivity index (χ2v) is 12.4. The molecule has 2 aliphatic heterocycles. The minimum atomic E-state index is -4.59. The lowest BCUT2D eigenvalue weighted by Gasteiger charge is -2.53. The summed E-state index contributed by atoms with van der Waals surface area (Å²) in [5, 5.41) is 0. The van der Waals surface area contributed by atoms with Crippen molar-refractivity contribution < 1.29 is 36.9 Å². The molecule has 2 saturated heterocycles. The van der Waals surface area contributed by atoms with E-state index in [2.05, 4.69) is 49.0 Å². The molecule has 2 atom stereocenters. The highest BCUT2D eigenvalue weighted by Crippen LogP contribution is 2.38. The number of piperazine rings is 2. The minimum absolute atomic E-state index is 0.0576. The summed E-state index contributed by atoms with van der Waals surface area (Å²) in [5.74, 6) is -0.168. The van der Waals surface area contributed by atoms with Crippen molar-refractivity contribution in [2.24, 2.45) is 0 Å². The van der Waals surface area contributed by atoms with Gasteiger partial charge >= 0.3 is 12.2 Å². The topological polar surface area (TPSA) is 102 Å². The van der Waals surface area contributed by atoms with Crippen LogP contribution in [0, 0.1) is 0 Å². The van der Waals surface area contributed by atoms with Crippen molar-refractivity contribution in [3.05, 3.63) is 101 Å². The van der Waals surface area contributed by atoms with Crippen molar-refractivity contribution in [2.45, 2.75) is 37.6 Å². The van der Waals surface area contributed by atoms with Crippen LogP contribution in [0.5, 0.6) is 23.7 Å². The summed E-state index contributed by atoms with van der Waals surface area (Å²) in [7, 11) is 2.88. The van der Waals surface area contributed by atoms with Crippen LogP contribution in [0.1, 0.15) is 39.9 Å². The molecule has 0 N–H and O–H groups in total. The first kappa shape index (κ1) is 35.9. The molecule has 4 heterocycles. The molecule has 4 aromatic rings. The van der Waals surface area contributed by atoms with Crippen molar-refractivity contribution >= 4 is 5.91 Å². The molecule has 0 saturated carbocycles. The third-order valence-corrected chi connectivity index (χ3v) is 9.18. The highest BCUT2D eigenvalue weighted by atomic mass is 19.4. The van der Waals surface area contributed by atoms with E-state index in [0.29, 0.717) is 38.3 Å². The molecule has 14 heteroatoms. The number of methoxy groups -OCH3 is 2. The number of rotatable bonds is 12. The first-order chi connectivity index (χ1) is 24.7. The van der Waals surface area contributed by atoms with E-state index in [-0.39, 0.29) is 66.3 Å². The second kappa shape index (κ2) is 15.9. The number of hydrogen-bond donors (Lipinski definition) is 0. The van der Waals surface area contributed by atoms with Crippen LogP contribution in [0.25, 0.3) is 0 Å². The third kappa shape index (κ3) is 8.34. The minimum Gasteiger partial charge on any atom is -0.481 e. The lowest BCUT2D eigenvalue weighted by Crippen LogP contribution is -2.67. The van der Waals surface area contributed by atoms with Gasteiger partial charge in [0.1, 0.15) is 5.56 Å². The molecule has 0 aliphatic carbocycles. The summed E-state index contributed by atoms with van der Waals surface area (Å²) in [6.07, 6.45) is -3.01. The van der Waals surface area contributed by atoms with Gasteiger partial charge in [0.15, 0.2) is 6.61 Å². The van der Waals surface area contributed by atoms with Gasteiger partial charge in [0, 0.05) is 63.5 Å². The fourth-order valence-corrected chi connectivity index (χ4v) is 7.08. The van der Waals surface area contributed by atoms with Crippen LogP contribution < -0.4 is 18.9 Å². The standard InChI is InChI=1S/C37H41F3N6O5/c1-4-50-36-42-33(49-3)29(34(43-36)51-24-37(38,39)40)22-44-20-27-21-45(35(47)28-16-11-17-41-32(28)48-2)18-19-46(27)30(23-44)31(25-12-7-5-8-13-25)26-14-9-6-10-15-26/h5-17,27,30-31H,4,18-24H2,1-3H3/t27-,30+/m1/s1. The van der Waals surface area contributed by atoms with E-state index in [1.807, 2.05) is 41.3 Å². The number of halogens is 3. The maximum absolute atomic E-state index is 13.9. The van der Waals surface area contributed by atoms with Crippen molar-refractivity contribution in [3.8, 4) is 23.7 Å². The van der Waals surface area contributed by atoms with Crippen LogP contribution in [-0.4, -0.2) is 114 Å². The van der Waals surface area contributed by atoms with Gasteiger partial charge in [0.2, 0.25) is 17.6 Å². The number of carbonyl (C=O) groups is 1. The number of nitrogens with zero attached hydrogens (tertiary/aromatic N) is 6. The number of amides is 1. The number of alkyl halides is 3. The van der Waals surface area contributed by atoms with Gasteiger partial charge in [-0.15, -0.1) is 0 Å². The Kier molecular flexibility index (Phi) is 11.2. The van der Waals surface area contributed by atoms with E-state index < -0.39 is 12.8 Å². The monoisotopic (exact) mass is 706 g/mol. The first-order valence-corrected chi connectivity index (χ1v) is 16.8. The summed E-state index contributed by atoms with van der Waals surface area (Å²) >= 11 is 0. The quantitative estimate of drug-likeness (QED) is 0.199. The summed E-state index contributed by atoms with van der Waals surface area (Å²) in [6, 6.07) is 23.6. The number of ether oxygens (including phenoxy) is 4. The number of aromatic nitrogens is 3. The molecule has 2 aliphatic rings. The van der Waals surface area contributed by atoms with Gasteiger partial charge in [-0.3, -0.25) is 14.6 Å². The average Bonchev–Trinajstić information content (AvgIpc) is 3.14. The number of fused-ring (bicyclic) bond motifs is 1. The molecule has 0 unspecified atom stereocenters. The Labute approximate surface area is 294 Å². The van der Waals surface area contributed by atoms with Gasteiger partial charge in [-0.25, -0.2) is 4.98 Å². The Bertz CT molecular complexity index is 1730. The van der Waals surface area contributed by atoms with Gasteiger partial charge in [0.25, 0.3) is 5.91 Å². The molecule has 2 fully saturated rings. The molecule has 2 aromatic heterocycles. The summed E-state index contributed by atoms with van der Waals surface area (Å²) in [4.78, 5) is 33.1. The average molecular weight is 707 g/mol. The maximum atomic E-state index is 13.9. The largest absolute Gasteiger partial charge is 0.481 e. The van der Waals surface area contributed by atoms with E-state index in [1.165, 1.54) is 14.2 Å². The Morgan fingerprint density at radius 1 is 0.843 bits per heavy atom. The fourth-order valence-electron chi connectivity index (χ4n) is 7.08. The van der Waals surface area contributed by atoms with Crippen molar-refractivity contribution in [1.29, 1.82) is 0 Å². The molecule has 0 radical (unpaired) electrons. The van der Waals surface area contributed by atoms with Crippen molar-refractivity contribution in [2.75, 3.05) is 60.2 Å². The predicted molar refractivity (Wildman–Crippen MR) is 182 cm³/mol. The fraction of sp³-hybridized carbons (Fsp3) is 0.405. The van der Waals surface area contributed by atoms with Crippen LogP contribution in [-0.2, 0) is 6.54 Å². The van der Waals surface area contributed by atoms with Crippen LogP contribution in [0.15, 0.2) is 79.0 Å². The lowest BCUT2D eigenvalue weighted by atomic mass is 9.81. The number of benzene rings is 2. The van der Waals surface area contributed by atoms with Crippen LogP contribution in [0.3, 0.4) is 0 Å². The van der Waals surface area contributed by atoms with E-state index in [4.69, 9.17) is 18.9 Å². The number of carbonyl (C=O) groups excluding carboxylic acids is 1. The molecule has 51 heavy (non-hydrogen) atoms. The van der Waals surface area contributed by atoms with Crippen LogP contribution in [0.4, 0.5) is 13.2 Å². The van der Waals surface area contributed by atoms with Crippen LogP contribution in [0.2, 0.25) is 0 Å². The van der Waals surface area contributed by atoms with E-state index >= 15 is 0 Å². The van der Waals surface area contributed by atoms with Gasteiger partial charge in [-0.1, -0.05) is 60.7 Å². The summed E-state index contributed by atoms with van der Waals surface area (Å²) in [6.45, 7) is 3.08. The maximum Gasteiger partial charge on any atom is 0.422 e. The molecule has 6 rings (SSSR count).